The summed E-state index contributed by atoms with van der Waals surface area (Å²) in [7, 11) is 0. The van der Waals surface area contributed by atoms with Crippen molar-refractivity contribution in [3.8, 4) is 5.75 Å². The third kappa shape index (κ3) is 3.75. The van der Waals surface area contributed by atoms with Crippen LogP contribution < -0.4 is 4.74 Å². The molecule has 0 saturated heterocycles. The molecule has 0 N–H and O–H groups in total. The molecule has 0 saturated carbocycles. The number of esters is 1. The molecule has 0 aliphatic heterocycles. The van der Waals surface area contributed by atoms with Crippen LogP contribution in [0.3, 0.4) is 0 Å². The van der Waals surface area contributed by atoms with E-state index < -0.39 is 18.7 Å². The zero-order valence-corrected chi connectivity index (χ0v) is 12.2. The lowest BCUT2D eigenvalue weighted by Gasteiger charge is -2.09. The predicted octanol–water partition coefficient (Wildman–Crippen LogP) is 3.27. The largest absolute Gasteiger partial charge is 0.448 e. The van der Waals surface area contributed by atoms with E-state index in [1.807, 2.05) is 0 Å². The summed E-state index contributed by atoms with van der Waals surface area (Å²) in [6.45, 7) is 1.80. The van der Waals surface area contributed by atoms with Crippen LogP contribution in [-0.4, -0.2) is 22.8 Å². The second-order valence-corrected chi connectivity index (χ2v) is 5.39. The number of rotatable bonds is 5. The second-order valence-electron chi connectivity index (χ2n) is 4.14. The van der Waals surface area contributed by atoms with Crippen LogP contribution in [0.2, 0.25) is 0 Å². The molecule has 0 radical (unpaired) electrons. The van der Waals surface area contributed by atoms with Gasteiger partial charge in [-0.15, -0.1) is 21.5 Å². The molecule has 1 atom stereocenters. The van der Waals surface area contributed by atoms with E-state index in [-0.39, 0.29) is 16.5 Å². The number of halogens is 2. The van der Waals surface area contributed by atoms with Gasteiger partial charge in [0.15, 0.2) is 16.7 Å². The van der Waals surface area contributed by atoms with Gasteiger partial charge in [0.1, 0.15) is 0 Å². The molecule has 9 heteroatoms. The Morgan fingerprint density at radius 2 is 2.10 bits per heavy atom. The third-order valence-electron chi connectivity index (χ3n) is 2.40. The van der Waals surface area contributed by atoms with E-state index in [4.69, 9.17) is 9.15 Å². The Kier molecular flexibility index (Phi) is 4.51. The molecule has 2 aromatic heterocycles. The summed E-state index contributed by atoms with van der Waals surface area (Å²) in [5.41, 5.74) is 0. The van der Waals surface area contributed by atoms with E-state index in [0.29, 0.717) is 10.8 Å². The minimum atomic E-state index is -3.01. The molecule has 0 aromatic carbocycles. The first-order valence-corrected chi connectivity index (χ1v) is 6.74. The van der Waals surface area contributed by atoms with E-state index in [2.05, 4.69) is 14.9 Å². The Balaban J connectivity index is 2.13. The van der Waals surface area contributed by atoms with Gasteiger partial charge < -0.3 is 13.9 Å². The molecule has 114 valence electrons. The lowest BCUT2D eigenvalue weighted by Crippen LogP contribution is -2.11. The monoisotopic (exact) mass is 318 g/mol. The maximum atomic E-state index is 12.3. The molecule has 0 spiro atoms. The normalized spacial score (nSPS) is 12.5. The highest BCUT2D eigenvalue weighted by Gasteiger charge is 2.24. The van der Waals surface area contributed by atoms with Crippen molar-refractivity contribution in [2.75, 3.05) is 0 Å². The fraction of sp³-hybridized carbons (Fsp3) is 0.417. The Morgan fingerprint density at radius 1 is 1.38 bits per heavy atom. The van der Waals surface area contributed by atoms with Gasteiger partial charge in [-0.3, -0.25) is 0 Å². The summed E-state index contributed by atoms with van der Waals surface area (Å²) < 4.78 is 39.2. The average molecular weight is 318 g/mol. The van der Waals surface area contributed by atoms with Gasteiger partial charge in [-0.1, -0.05) is 0 Å². The first-order valence-electron chi connectivity index (χ1n) is 5.93. The molecule has 0 aliphatic carbocycles. The molecule has 2 aromatic rings. The van der Waals surface area contributed by atoms with Gasteiger partial charge >= 0.3 is 12.6 Å². The number of aryl methyl sites for hydroxylation is 2. The Labute approximate surface area is 122 Å². The number of hydrogen-bond donors (Lipinski definition) is 0. The minimum Gasteiger partial charge on any atom is -0.448 e. The fourth-order valence-electron chi connectivity index (χ4n) is 1.56. The zero-order chi connectivity index (χ0) is 15.6. The summed E-state index contributed by atoms with van der Waals surface area (Å²) in [4.78, 5) is 12.6. The van der Waals surface area contributed by atoms with Crippen molar-refractivity contribution >= 4 is 17.3 Å². The molecular weight excluding hydrogens is 306 g/mol. The van der Waals surface area contributed by atoms with Gasteiger partial charge in [-0.05, 0) is 19.9 Å². The van der Waals surface area contributed by atoms with Crippen LogP contribution in [0.5, 0.6) is 5.75 Å². The number of carbonyl (C=O) groups is 1. The van der Waals surface area contributed by atoms with Crippen molar-refractivity contribution in [3.63, 3.8) is 0 Å². The summed E-state index contributed by atoms with van der Waals surface area (Å²) in [5, 5.41) is 7.35. The number of aromatic nitrogens is 2. The highest BCUT2D eigenvalue weighted by molar-refractivity contribution is 7.14. The maximum absolute atomic E-state index is 12.3. The van der Waals surface area contributed by atoms with Crippen LogP contribution in [0.15, 0.2) is 10.5 Å². The van der Waals surface area contributed by atoms with Crippen molar-refractivity contribution in [1.29, 1.82) is 0 Å². The van der Waals surface area contributed by atoms with Gasteiger partial charge in [0.05, 0.1) is 0 Å². The molecule has 0 bridgehead atoms. The summed E-state index contributed by atoms with van der Waals surface area (Å²) in [6.07, 6.45) is -0.791. The number of thiophene rings is 1. The van der Waals surface area contributed by atoms with Crippen LogP contribution in [0.4, 0.5) is 8.78 Å². The Bertz CT molecular complexity index is 641. The molecule has 0 unspecified atom stereocenters. The molecule has 21 heavy (non-hydrogen) atoms. The van der Waals surface area contributed by atoms with Crippen LogP contribution in [0.25, 0.3) is 0 Å². The molecule has 0 amide bonds. The molecule has 2 heterocycles. The van der Waals surface area contributed by atoms with E-state index in [1.54, 1.807) is 20.8 Å². The number of ether oxygens (including phenoxy) is 2. The van der Waals surface area contributed by atoms with Crippen molar-refractivity contribution < 1.29 is 27.5 Å². The maximum Gasteiger partial charge on any atom is 0.387 e. The van der Waals surface area contributed by atoms with Gasteiger partial charge in [0, 0.05) is 11.8 Å². The van der Waals surface area contributed by atoms with Gasteiger partial charge in [0.2, 0.25) is 5.89 Å². The predicted molar refractivity (Wildman–Crippen MR) is 68.6 cm³/mol. The summed E-state index contributed by atoms with van der Waals surface area (Å²) >= 11 is 1.01. The van der Waals surface area contributed by atoms with Gasteiger partial charge in [0.25, 0.3) is 5.89 Å². The SMILES string of the molecule is Cc1nnc([C@@H](C)OC(=O)c2sc(C)cc2OC(F)F)o1. The number of alkyl halides is 2. The lowest BCUT2D eigenvalue weighted by atomic mass is 10.3. The van der Waals surface area contributed by atoms with E-state index >= 15 is 0 Å². The standard InChI is InChI=1S/C12H12F2N2O4S/c1-5-4-8(20-12(13)14)9(21-5)11(17)18-6(2)10-16-15-7(3)19-10/h4,6,12H,1-3H3/t6-/m1/s1. The highest BCUT2D eigenvalue weighted by Crippen LogP contribution is 2.32. The van der Waals surface area contributed by atoms with Crippen LogP contribution in [0, 0.1) is 13.8 Å². The summed E-state index contributed by atoms with van der Waals surface area (Å²) in [6, 6.07) is 1.36. The number of hydrogen-bond acceptors (Lipinski definition) is 7. The smallest absolute Gasteiger partial charge is 0.387 e. The first-order chi connectivity index (χ1) is 9.86. The Hall–Kier alpha value is -2.03. The zero-order valence-electron chi connectivity index (χ0n) is 11.4. The van der Waals surface area contributed by atoms with Crippen LogP contribution >= 0.6 is 11.3 Å². The van der Waals surface area contributed by atoms with Gasteiger partial charge in [-0.25, -0.2) is 4.79 Å². The fourth-order valence-corrected chi connectivity index (χ4v) is 2.38. The van der Waals surface area contributed by atoms with E-state index in [1.165, 1.54) is 6.07 Å². The summed E-state index contributed by atoms with van der Waals surface area (Å²) in [5.74, 6) is -0.523. The van der Waals surface area contributed by atoms with Crippen molar-refractivity contribution in [1.82, 2.24) is 10.2 Å². The molecule has 0 fully saturated rings. The number of nitrogens with zero attached hydrogens (tertiary/aromatic N) is 2. The van der Waals surface area contributed by atoms with Crippen LogP contribution in [0.1, 0.15) is 39.4 Å². The molecule has 2 rings (SSSR count). The highest BCUT2D eigenvalue weighted by atomic mass is 32.1. The van der Waals surface area contributed by atoms with Crippen molar-refractivity contribution in [2.45, 2.75) is 33.5 Å². The van der Waals surface area contributed by atoms with E-state index in [9.17, 15) is 13.6 Å². The third-order valence-corrected chi connectivity index (χ3v) is 3.41. The number of carbonyl (C=O) groups excluding carboxylic acids is 1. The van der Waals surface area contributed by atoms with E-state index in [0.717, 1.165) is 11.3 Å². The second kappa shape index (κ2) is 6.17. The van der Waals surface area contributed by atoms with Crippen LogP contribution in [-0.2, 0) is 4.74 Å². The quantitative estimate of drug-likeness (QED) is 0.788. The molecular formula is C12H12F2N2O4S. The average Bonchev–Trinajstić information content (AvgIpc) is 2.95. The Morgan fingerprint density at radius 3 is 2.67 bits per heavy atom. The van der Waals surface area contributed by atoms with Crippen molar-refractivity contribution in [2.24, 2.45) is 0 Å². The minimum absolute atomic E-state index is 0.0316. The first kappa shape index (κ1) is 15.4. The van der Waals surface area contributed by atoms with Crippen molar-refractivity contribution in [3.05, 3.63) is 27.6 Å². The topological polar surface area (TPSA) is 74.5 Å². The molecule has 6 nitrogen and oxygen atoms in total. The lowest BCUT2D eigenvalue weighted by molar-refractivity contribution is -0.0502. The van der Waals surface area contributed by atoms with Gasteiger partial charge in [-0.2, -0.15) is 8.78 Å². The molecule has 0 aliphatic rings.